The number of aryl methyl sites for hydroxylation is 1. The standard InChI is InChI=1S/C15H19N7O2S/c1-21-11-13(10-19-21)25(23,24)20-9-12-2-6-22(7-3-12)15-14(8-16)17-4-5-18-15/h4-5,10-12,20H,2-3,6-7,9H2,1H3. The maximum Gasteiger partial charge on any atom is 0.243 e. The molecule has 25 heavy (non-hydrogen) atoms. The zero-order valence-corrected chi connectivity index (χ0v) is 14.6. The summed E-state index contributed by atoms with van der Waals surface area (Å²) < 4.78 is 28.6. The highest BCUT2D eigenvalue weighted by molar-refractivity contribution is 7.89. The van der Waals surface area contributed by atoms with Crippen molar-refractivity contribution in [3.05, 3.63) is 30.5 Å². The molecular weight excluding hydrogens is 342 g/mol. The molecule has 0 radical (unpaired) electrons. The summed E-state index contributed by atoms with van der Waals surface area (Å²) in [6, 6.07) is 2.05. The first-order valence-corrected chi connectivity index (χ1v) is 9.42. The number of nitrogens with zero attached hydrogens (tertiary/aromatic N) is 6. The number of nitrogens with one attached hydrogen (secondary N) is 1. The lowest BCUT2D eigenvalue weighted by Crippen LogP contribution is -2.39. The van der Waals surface area contributed by atoms with Crippen LogP contribution in [0.1, 0.15) is 18.5 Å². The minimum absolute atomic E-state index is 0.172. The molecule has 0 spiro atoms. The molecule has 1 aliphatic rings. The molecule has 0 amide bonds. The fourth-order valence-corrected chi connectivity index (χ4v) is 3.94. The van der Waals surface area contributed by atoms with E-state index in [1.54, 1.807) is 13.2 Å². The second-order valence-corrected chi connectivity index (χ2v) is 7.74. The molecule has 2 aromatic rings. The zero-order chi connectivity index (χ0) is 17.9. The largest absolute Gasteiger partial charge is 0.354 e. The average molecular weight is 361 g/mol. The Morgan fingerprint density at radius 1 is 1.32 bits per heavy atom. The van der Waals surface area contributed by atoms with Gasteiger partial charge in [0.25, 0.3) is 0 Å². The van der Waals surface area contributed by atoms with Crippen LogP contribution in [-0.4, -0.2) is 47.8 Å². The van der Waals surface area contributed by atoms with E-state index >= 15 is 0 Å². The minimum atomic E-state index is -3.53. The minimum Gasteiger partial charge on any atom is -0.354 e. The van der Waals surface area contributed by atoms with Gasteiger partial charge in [-0.15, -0.1) is 0 Å². The fraction of sp³-hybridized carbons (Fsp3) is 0.467. The lowest BCUT2D eigenvalue weighted by molar-refractivity contribution is 0.400. The van der Waals surface area contributed by atoms with Crippen LogP contribution in [0.4, 0.5) is 5.82 Å². The summed E-state index contributed by atoms with van der Waals surface area (Å²) >= 11 is 0. The predicted octanol–water partition coefficient (Wildman–Crippen LogP) is 0.277. The molecule has 3 heterocycles. The summed E-state index contributed by atoms with van der Waals surface area (Å²) in [6.07, 6.45) is 7.52. The smallest absolute Gasteiger partial charge is 0.243 e. The fourth-order valence-electron chi connectivity index (χ4n) is 2.84. The molecule has 0 atom stereocenters. The van der Waals surface area contributed by atoms with Gasteiger partial charge in [0.15, 0.2) is 11.5 Å². The molecule has 1 fully saturated rings. The third-order valence-electron chi connectivity index (χ3n) is 4.25. The van der Waals surface area contributed by atoms with Crippen LogP contribution in [0.2, 0.25) is 0 Å². The van der Waals surface area contributed by atoms with Crippen LogP contribution in [0.3, 0.4) is 0 Å². The second-order valence-electron chi connectivity index (χ2n) is 5.97. The first-order chi connectivity index (χ1) is 12.0. The van der Waals surface area contributed by atoms with E-state index in [-0.39, 0.29) is 10.8 Å². The number of piperidine rings is 1. The number of aromatic nitrogens is 4. The van der Waals surface area contributed by atoms with Crippen molar-refractivity contribution in [2.75, 3.05) is 24.5 Å². The first-order valence-electron chi connectivity index (χ1n) is 7.94. The number of sulfonamides is 1. The quantitative estimate of drug-likeness (QED) is 0.812. The molecule has 1 saturated heterocycles. The molecule has 2 aromatic heterocycles. The molecule has 0 unspecified atom stereocenters. The van der Waals surface area contributed by atoms with E-state index in [2.05, 4.69) is 25.9 Å². The van der Waals surface area contributed by atoms with E-state index in [9.17, 15) is 8.42 Å². The maximum atomic E-state index is 12.2. The van der Waals surface area contributed by atoms with Gasteiger partial charge in [0.1, 0.15) is 11.0 Å². The topological polar surface area (TPSA) is 117 Å². The Morgan fingerprint density at radius 2 is 2.04 bits per heavy atom. The van der Waals surface area contributed by atoms with Gasteiger partial charge in [-0.1, -0.05) is 0 Å². The van der Waals surface area contributed by atoms with E-state index in [1.165, 1.54) is 23.3 Å². The van der Waals surface area contributed by atoms with Crippen molar-refractivity contribution in [2.45, 2.75) is 17.7 Å². The molecule has 1 N–H and O–H groups in total. The van der Waals surface area contributed by atoms with Gasteiger partial charge in [-0.3, -0.25) is 4.68 Å². The van der Waals surface area contributed by atoms with Crippen LogP contribution in [0.5, 0.6) is 0 Å². The molecule has 0 aromatic carbocycles. The van der Waals surface area contributed by atoms with E-state index < -0.39 is 10.0 Å². The maximum absolute atomic E-state index is 12.2. The number of hydrogen-bond donors (Lipinski definition) is 1. The van der Waals surface area contributed by atoms with Crippen molar-refractivity contribution in [1.82, 2.24) is 24.5 Å². The van der Waals surface area contributed by atoms with Gasteiger partial charge in [-0.2, -0.15) is 10.4 Å². The van der Waals surface area contributed by atoms with Gasteiger partial charge in [-0.25, -0.2) is 23.1 Å². The molecular formula is C15H19N7O2S. The molecule has 0 aliphatic carbocycles. The van der Waals surface area contributed by atoms with Crippen molar-refractivity contribution >= 4 is 15.8 Å². The van der Waals surface area contributed by atoms with E-state index in [4.69, 9.17) is 5.26 Å². The lowest BCUT2D eigenvalue weighted by atomic mass is 9.97. The van der Waals surface area contributed by atoms with Crippen molar-refractivity contribution in [3.8, 4) is 6.07 Å². The zero-order valence-electron chi connectivity index (χ0n) is 13.8. The van der Waals surface area contributed by atoms with Crippen molar-refractivity contribution in [2.24, 2.45) is 13.0 Å². The Morgan fingerprint density at radius 3 is 2.68 bits per heavy atom. The highest BCUT2D eigenvalue weighted by Gasteiger charge is 2.24. The van der Waals surface area contributed by atoms with E-state index in [0.717, 1.165) is 12.8 Å². The predicted molar refractivity (Wildman–Crippen MR) is 90.1 cm³/mol. The second kappa shape index (κ2) is 7.16. The molecule has 0 saturated carbocycles. The van der Waals surface area contributed by atoms with Gasteiger partial charge in [-0.05, 0) is 18.8 Å². The van der Waals surface area contributed by atoms with Crippen LogP contribution < -0.4 is 9.62 Å². The molecule has 1 aliphatic heterocycles. The SMILES string of the molecule is Cn1cc(S(=O)(=O)NCC2CCN(c3nccnc3C#N)CC2)cn1. The van der Waals surface area contributed by atoms with Gasteiger partial charge >= 0.3 is 0 Å². The molecule has 10 heteroatoms. The van der Waals surface area contributed by atoms with Crippen LogP contribution in [0.15, 0.2) is 29.7 Å². The Kier molecular flexibility index (Phi) is 4.96. The summed E-state index contributed by atoms with van der Waals surface area (Å²) in [5, 5.41) is 13.0. The normalized spacial score (nSPS) is 15.9. The van der Waals surface area contributed by atoms with Crippen molar-refractivity contribution < 1.29 is 8.42 Å². The summed E-state index contributed by atoms with van der Waals surface area (Å²) in [7, 11) is -1.85. The molecule has 9 nitrogen and oxygen atoms in total. The Balaban J connectivity index is 1.56. The average Bonchev–Trinajstić information content (AvgIpc) is 3.08. The van der Waals surface area contributed by atoms with E-state index in [0.29, 0.717) is 31.1 Å². The van der Waals surface area contributed by atoms with Crippen molar-refractivity contribution in [3.63, 3.8) is 0 Å². The third-order valence-corrected chi connectivity index (χ3v) is 5.63. The first kappa shape index (κ1) is 17.3. The van der Waals surface area contributed by atoms with Crippen LogP contribution in [0.25, 0.3) is 0 Å². The third kappa shape index (κ3) is 3.94. The highest BCUT2D eigenvalue weighted by atomic mass is 32.2. The Labute approximate surface area is 146 Å². The Hall–Kier alpha value is -2.51. The monoisotopic (exact) mass is 361 g/mol. The number of rotatable bonds is 5. The van der Waals surface area contributed by atoms with Crippen molar-refractivity contribution in [1.29, 1.82) is 5.26 Å². The Bertz CT molecular complexity index is 879. The van der Waals surface area contributed by atoms with Gasteiger partial charge in [0, 0.05) is 45.3 Å². The molecule has 132 valence electrons. The number of nitriles is 1. The van der Waals surface area contributed by atoms with Crippen LogP contribution in [-0.2, 0) is 17.1 Å². The summed E-state index contributed by atoms with van der Waals surface area (Å²) in [5.74, 6) is 0.837. The number of anilines is 1. The molecule has 3 rings (SSSR count). The van der Waals surface area contributed by atoms with Crippen LogP contribution >= 0.6 is 0 Å². The van der Waals surface area contributed by atoms with Crippen LogP contribution in [0, 0.1) is 17.2 Å². The lowest BCUT2D eigenvalue weighted by Gasteiger charge is -2.32. The summed E-state index contributed by atoms with van der Waals surface area (Å²) in [6.45, 7) is 1.82. The molecule has 0 bridgehead atoms. The summed E-state index contributed by atoms with van der Waals surface area (Å²) in [5.41, 5.74) is 0.318. The van der Waals surface area contributed by atoms with Gasteiger partial charge < -0.3 is 4.90 Å². The number of hydrogen-bond acceptors (Lipinski definition) is 7. The highest BCUT2D eigenvalue weighted by Crippen LogP contribution is 2.23. The van der Waals surface area contributed by atoms with Gasteiger partial charge in [0.2, 0.25) is 10.0 Å². The summed E-state index contributed by atoms with van der Waals surface area (Å²) in [4.78, 5) is 10.5. The van der Waals surface area contributed by atoms with Gasteiger partial charge in [0.05, 0.1) is 6.20 Å². The van der Waals surface area contributed by atoms with E-state index in [1.807, 2.05) is 4.90 Å².